The van der Waals surface area contributed by atoms with Gasteiger partial charge in [0.05, 0.1) is 6.04 Å². The van der Waals surface area contributed by atoms with Crippen molar-refractivity contribution in [3.63, 3.8) is 0 Å². The van der Waals surface area contributed by atoms with Crippen LogP contribution in [-0.2, 0) is 19.2 Å². The minimum Gasteiger partial charge on any atom is -0.484 e. The number of carbonyl (C=O) groups excluding carboxylic acids is 4. The summed E-state index contributed by atoms with van der Waals surface area (Å²) >= 11 is 11.8. The Morgan fingerprint density at radius 3 is 2.00 bits per heavy atom. The third-order valence-electron chi connectivity index (χ3n) is 5.20. The molecule has 0 radical (unpaired) electrons. The van der Waals surface area contributed by atoms with E-state index < -0.39 is 66.8 Å². The first kappa shape index (κ1) is 32.8. The highest BCUT2D eigenvalue weighted by atomic mass is 35.5. The number of benzene rings is 2. The number of rotatable bonds is 12. The molecule has 3 amide bonds. The molecule has 0 heterocycles. The van der Waals surface area contributed by atoms with E-state index in [-0.39, 0.29) is 21.4 Å². The molecule has 0 saturated carbocycles. The predicted octanol–water partition coefficient (Wildman–Crippen LogP) is 4.25. The van der Waals surface area contributed by atoms with E-state index in [1.807, 2.05) is 0 Å². The molecule has 0 aliphatic rings. The standard InChI is InChI=1S/C25H24Cl2F5N3O5/c1-13(2)19(21(37)25(31,32)23(39)33-12-24(28,29)30)35-22(38)20(14-6-4-3-5-7-14)34-18(36)11-40-17-9-15(26)8-16(27)10-17/h3-10,13,19-20H,11-12H2,1-2H3,(H,33,39)(H,34,36)(H,35,38). The van der Waals surface area contributed by atoms with Crippen LogP contribution in [0.5, 0.6) is 5.75 Å². The molecule has 0 aromatic heterocycles. The monoisotopic (exact) mass is 611 g/mol. The van der Waals surface area contributed by atoms with Gasteiger partial charge in [0.2, 0.25) is 11.7 Å². The van der Waals surface area contributed by atoms with Crippen LogP contribution in [0.4, 0.5) is 22.0 Å². The summed E-state index contributed by atoms with van der Waals surface area (Å²) in [4.78, 5) is 50.1. The van der Waals surface area contributed by atoms with Crippen molar-refractivity contribution >= 4 is 46.7 Å². The van der Waals surface area contributed by atoms with Crippen molar-refractivity contribution in [2.75, 3.05) is 13.2 Å². The van der Waals surface area contributed by atoms with E-state index in [1.165, 1.54) is 56.3 Å². The summed E-state index contributed by atoms with van der Waals surface area (Å²) in [6, 6.07) is 8.20. The molecule has 218 valence electrons. The fourth-order valence-corrected chi connectivity index (χ4v) is 3.79. The number of hydrogen-bond donors (Lipinski definition) is 3. The van der Waals surface area contributed by atoms with Gasteiger partial charge in [-0.25, -0.2) is 0 Å². The number of alkyl halides is 5. The number of carbonyl (C=O) groups is 4. The van der Waals surface area contributed by atoms with Crippen LogP contribution in [0, 0.1) is 5.92 Å². The summed E-state index contributed by atoms with van der Waals surface area (Å²) in [5.41, 5.74) is 0.198. The van der Waals surface area contributed by atoms with Crippen LogP contribution in [0.15, 0.2) is 48.5 Å². The molecule has 2 atom stereocenters. The first-order valence-electron chi connectivity index (χ1n) is 11.5. The second kappa shape index (κ2) is 13.8. The lowest BCUT2D eigenvalue weighted by Gasteiger charge is -2.27. The summed E-state index contributed by atoms with van der Waals surface area (Å²) in [5.74, 6) is -12.3. The lowest BCUT2D eigenvalue weighted by molar-refractivity contribution is -0.165. The number of Topliss-reactive ketones (excluding diaryl/α,β-unsaturated/α-hetero) is 1. The fraction of sp³-hybridized carbons (Fsp3) is 0.360. The topological polar surface area (TPSA) is 114 Å². The van der Waals surface area contributed by atoms with E-state index >= 15 is 0 Å². The highest BCUT2D eigenvalue weighted by Crippen LogP contribution is 2.25. The lowest BCUT2D eigenvalue weighted by atomic mass is 9.94. The van der Waals surface area contributed by atoms with Crippen molar-refractivity contribution in [1.82, 2.24) is 16.0 Å². The van der Waals surface area contributed by atoms with E-state index in [0.29, 0.717) is 0 Å². The highest BCUT2D eigenvalue weighted by molar-refractivity contribution is 6.34. The zero-order valence-corrected chi connectivity index (χ0v) is 22.5. The van der Waals surface area contributed by atoms with Crippen LogP contribution in [-0.4, -0.2) is 54.8 Å². The highest BCUT2D eigenvalue weighted by Gasteiger charge is 2.52. The van der Waals surface area contributed by atoms with E-state index in [4.69, 9.17) is 27.9 Å². The molecule has 3 N–H and O–H groups in total. The minimum atomic E-state index is -5.00. The van der Waals surface area contributed by atoms with Gasteiger partial charge in [-0.05, 0) is 29.7 Å². The van der Waals surface area contributed by atoms with Crippen molar-refractivity contribution in [2.24, 2.45) is 5.92 Å². The van der Waals surface area contributed by atoms with E-state index in [2.05, 4.69) is 10.6 Å². The van der Waals surface area contributed by atoms with Gasteiger partial charge in [0.25, 0.3) is 11.8 Å². The molecule has 0 fully saturated rings. The molecule has 0 aliphatic carbocycles. The average molecular weight is 612 g/mol. The first-order chi connectivity index (χ1) is 18.5. The second-order valence-electron chi connectivity index (χ2n) is 8.77. The molecular weight excluding hydrogens is 588 g/mol. The Labute approximate surface area is 235 Å². The molecule has 0 spiro atoms. The first-order valence-corrected chi connectivity index (χ1v) is 12.3. The Kier molecular flexibility index (Phi) is 11.3. The van der Waals surface area contributed by atoms with Gasteiger partial charge in [0.1, 0.15) is 18.3 Å². The zero-order valence-electron chi connectivity index (χ0n) is 21.0. The van der Waals surface area contributed by atoms with E-state index in [0.717, 1.165) is 5.32 Å². The number of hydrogen-bond acceptors (Lipinski definition) is 5. The number of amides is 3. The normalized spacial score (nSPS) is 13.2. The van der Waals surface area contributed by atoms with Gasteiger partial charge in [-0.1, -0.05) is 67.4 Å². The van der Waals surface area contributed by atoms with E-state index in [1.54, 1.807) is 6.07 Å². The minimum absolute atomic E-state index is 0.143. The quantitative estimate of drug-likeness (QED) is 0.245. The number of ether oxygens (including phenoxy) is 1. The third kappa shape index (κ3) is 9.63. The van der Waals surface area contributed by atoms with Gasteiger partial charge in [-0.2, -0.15) is 22.0 Å². The van der Waals surface area contributed by atoms with Crippen molar-refractivity contribution < 1.29 is 45.9 Å². The SMILES string of the molecule is CC(C)C(NC(=O)C(NC(=O)COc1cc(Cl)cc(Cl)c1)c1ccccc1)C(=O)C(F)(F)C(=O)NCC(F)(F)F. The van der Waals surface area contributed by atoms with E-state index in [9.17, 15) is 41.1 Å². The molecule has 15 heteroatoms. The molecular formula is C25H24Cl2F5N3O5. The van der Waals surface area contributed by atoms with Crippen molar-refractivity contribution in [3.05, 3.63) is 64.1 Å². The van der Waals surface area contributed by atoms with Gasteiger partial charge in [0, 0.05) is 10.0 Å². The van der Waals surface area contributed by atoms with Crippen LogP contribution in [0.1, 0.15) is 25.5 Å². The molecule has 40 heavy (non-hydrogen) atoms. The smallest absolute Gasteiger partial charge is 0.405 e. The van der Waals surface area contributed by atoms with Crippen molar-refractivity contribution in [2.45, 2.75) is 38.0 Å². The molecule has 2 aromatic carbocycles. The molecule has 0 saturated heterocycles. The summed E-state index contributed by atoms with van der Waals surface area (Å²) in [5, 5.41) is 5.88. The molecule has 0 bridgehead atoms. The zero-order chi connectivity index (χ0) is 30.3. The van der Waals surface area contributed by atoms with Crippen LogP contribution in [0.2, 0.25) is 10.0 Å². The summed E-state index contributed by atoms with van der Waals surface area (Å²) in [6.07, 6.45) is -5.00. The van der Waals surface area contributed by atoms with Gasteiger partial charge in [0.15, 0.2) is 6.61 Å². The number of halogens is 7. The van der Waals surface area contributed by atoms with Gasteiger partial charge >= 0.3 is 12.1 Å². The van der Waals surface area contributed by atoms with Gasteiger partial charge < -0.3 is 20.7 Å². The Morgan fingerprint density at radius 2 is 1.48 bits per heavy atom. The van der Waals surface area contributed by atoms with Crippen molar-refractivity contribution in [3.8, 4) is 5.75 Å². The Hall–Kier alpha value is -3.45. The molecule has 2 unspecified atom stereocenters. The summed E-state index contributed by atoms with van der Waals surface area (Å²) in [7, 11) is 0. The second-order valence-corrected chi connectivity index (χ2v) is 9.64. The third-order valence-corrected chi connectivity index (χ3v) is 5.63. The maximum Gasteiger partial charge on any atom is 0.405 e. The average Bonchev–Trinajstić information content (AvgIpc) is 2.86. The molecule has 8 nitrogen and oxygen atoms in total. The summed E-state index contributed by atoms with van der Waals surface area (Å²) < 4.78 is 71.4. The largest absolute Gasteiger partial charge is 0.484 e. The molecule has 2 aromatic rings. The number of ketones is 1. The van der Waals surface area contributed by atoms with Crippen LogP contribution < -0.4 is 20.7 Å². The predicted molar refractivity (Wildman–Crippen MR) is 135 cm³/mol. The van der Waals surface area contributed by atoms with Gasteiger partial charge in [-0.15, -0.1) is 0 Å². The molecule has 2 rings (SSSR count). The fourth-order valence-electron chi connectivity index (χ4n) is 3.28. The Morgan fingerprint density at radius 1 is 0.900 bits per heavy atom. The number of nitrogens with one attached hydrogen (secondary N) is 3. The Bertz CT molecular complexity index is 1210. The van der Waals surface area contributed by atoms with Crippen LogP contribution in [0.3, 0.4) is 0 Å². The lowest BCUT2D eigenvalue weighted by Crippen LogP contribution is -2.58. The van der Waals surface area contributed by atoms with Gasteiger partial charge in [-0.3, -0.25) is 19.2 Å². The maximum absolute atomic E-state index is 14.5. The summed E-state index contributed by atoms with van der Waals surface area (Å²) in [6.45, 7) is -0.157. The van der Waals surface area contributed by atoms with Crippen LogP contribution in [0.25, 0.3) is 0 Å². The van der Waals surface area contributed by atoms with Crippen molar-refractivity contribution in [1.29, 1.82) is 0 Å². The Balaban J connectivity index is 2.21. The van der Waals surface area contributed by atoms with Crippen LogP contribution >= 0.6 is 23.2 Å². The molecule has 0 aliphatic heterocycles. The maximum atomic E-state index is 14.5.